The van der Waals surface area contributed by atoms with Crippen LogP contribution in [-0.2, 0) is 6.42 Å². The van der Waals surface area contributed by atoms with Gasteiger partial charge in [0.25, 0.3) is 0 Å². The number of piperidine rings is 1. The van der Waals surface area contributed by atoms with Gasteiger partial charge in [0.2, 0.25) is 0 Å². The zero-order valence-corrected chi connectivity index (χ0v) is 10.6. The van der Waals surface area contributed by atoms with Crippen molar-refractivity contribution in [3.8, 4) is 5.75 Å². The van der Waals surface area contributed by atoms with E-state index in [0.29, 0.717) is 17.2 Å². The Morgan fingerprint density at radius 2 is 2.29 bits per heavy atom. The third-order valence-corrected chi connectivity index (χ3v) is 3.50. The summed E-state index contributed by atoms with van der Waals surface area (Å²) in [5.74, 6) is 1.11. The first kappa shape index (κ1) is 12.4. The zero-order valence-electron chi connectivity index (χ0n) is 10.6. The van der Waals surface area contributed by atoms with E-state index in [4.69, 9.17) is 4.74 Å². The van der Waals surface area contributed by atoms with Crippen LogP contribution in [-0.4, -0.2) is 20.2 Å². The van der Waals surface area contributed by atoms with Crippen molar-refractivity contribution in [1.82, 2.24) is 5.32 Å². The molecule has 1 saturated heterocycles. The van der Waals surface area contributed by atoms with E-state index in [0.717, 1.165) is 25.1 Å². The summed E-state index contributed by atoms with van der Waals surface area (Å²) in [7, 11) is 1.59. The molecule has 0 spiro atoms. The van der Waals surface area contributed by atoms with Gasteiger partial charge in [0.1, 0.15) is 11.6 Å². The Morgan fingerprint density at radius 1 is 1.47 bits per heavy atom. The first-order valence-corrected chi connectivity index (χ1v) is 6.24. The lowest BCUT2D eigenvalue weighted by molar-refractivity contribution is 0.373. The summed E-state index contributed by atoms with van der Waals surface area (Å²) in [4.78, 5) is 0. The topological polar surface area (TPSA) is 21.3 Å². The lowest BCUT2D eigenvalue weighted by atomic mass is 9.92. The highest BCUT2D eigenvalue weighted by molar-refractivity contribution is 5.38. The molecule has 1 atom stereocenters. The molecule has 1 fully saturated rings. The van der Waals surface area contributed by atoms with E-state index >= 15 is 0 Å². The lowest BCUT2D eigenvalue weighted by Crippen LogP contribution is -2.30. The number of rotatable bonds is 3. The van der Waals surface area contributed by atoms with Crippen molar-refractivity contribution in [3.05, 3.63) is 29.1 Å². The van der Waals surface area contributed by atoms with E-state index in [1.165, 1.54) is 12.8 Å². The van der Waals surface area contributed by atoms with E-state index in [-0.39, 0.29) is 5.82 Å². The maximum Gasteiger partial charge on any atom is 0.130 e. The maximum absolute atomic E-state index is 13.7. The molecule has 3 heteroatoms. The molecule has 1 unspecified atom stereocenters. The van der Waals surface area contributed by atoms with E-state index in [1.807, 2.05) is 6.07 Å². The molecule has 0 bridgehead atoms. The number of nitrogens with one attached hydrogen (secondary N) is 1. The smallest absolute Gasteiger partial charge is 0.130 e. The molecule has 2 nitrogen and oxygen atoms in total. The van der Waals surface area contributed by atoms with Gasteiger partial charge >= 0.3 is 0 Å². The molecule has 0 saturated carbocycles. The van der Waals surface area contributed by atoms with Gasteiger partial charge < -0.3 is 10.1 Å². The SMILES string of the molecule is COc1cc(CC2CCCNC2)cc(F)c1C. The van der Waals surface area contributed by atoms with Gasteiger partial charge in [0, 0.05) is 5.56 Å². The highest BCUT2D eigenvalue weighted by Crippen LogP contribution is 2.25. The molecule has 1 N–H and O–H groups in total. The minimum Gasteiger partial charge on any atom is -0.496 e. The summed E-state index contributed by atoms with van der Waals surface area (Å²) < 4.78 is 18.9. The number of halogens is 1. The van der Waals surface area contributed by atoms with E-state index in [1.54, 1.807) is 20.1 Å². The second-order valence-corrected chi connectivity index (χ2v) is 4.82. The predicted molar refractivity (Wildman–Crippen MR) is 67.0 cm³/mol. The summed E-state index contributed by atoms with van der Waals surface area (Å²) >= 11 is 0. The van der Waals surface area contributed by atoms with Crippen LogP contribution >= 0.6 is 0 Å². The molecule has 1 aliphatic heterocycles. The minimum atomic E-state index is -0.164. The molecular formula is C14H20FNO. The van der Waals surface area contributed by atoms with Crippen molar-refractivity contribution < 1.29 is 9.13 Å². The third kappa shape index (κ3) is 2.97. The van der Waals surface area contributed by atoms with Crippen LogP contribution in [0.2, 0.25) is 0 Å². The first-order valence-electron chi connectivity index (χ1n) is 6.24. The van der Waals surface area contributed by atoms with Crippen molar-refractivity contribution in [2.75, 3.05) is 20.2 Å². The first-order chi connectivity index (χ1) is 8.20. The van der Waals surface area contributed by atoms with Gasteiger partial charge in [0.15, 0.2) is 0 Å². The zero-order chi connectivity index (χ0) is 12.3. The molecule has 0 amide bonds. The van der Waals surface area contributed by atoms with Crippen LogP contribution in [0.15, 0.2) is 12.1 Å². The van der Waals surface area contributed by atoms with Crippen molar-refractivity contribution in [2.24, 2.45) is 5.92 Å². The van der Waals surface area contributed by atoms with E-state index in [9.17, 15) is 4.39 Å². The number of methoxy groups -OCH3 is 1. The van der Waals surface area contributed by atoms with Gasteiger partial charge in [-0.2, -0.15) is 0 Å². The van der Waals surface area contributed by atoms with Crippen LogP contribution in [0.4, 0.5) is 4.39 Å². The van der Waals surface area contributed by atoms with Gasteiger partial charge in [0.05, 0.1) is 7.11 Å². The molecule has 94 valence electrons. The second kappa shape index (κ2) is 5.50. The normalized spacial score (nSPS) is 20.3. The molecule has 1 aliphatic rings. The fraction of sp³-hybridized carbons (Fsp3) is 0.571. The van der Waals surface area contributed by atoms with Crippen molar-refractivity contribution in [2.45, 2.75) is 26.2 Å². The molecular weight excluding hydrogens is 217 g/mol. The van der Waals surface area contributed by atoms with Gasteiger partial charge in [-0.1, -0.05) is 0 Å². The van der Waals surface area contributed by atoms with Crippen LogP contribution in [0.5, 0.6) is 5.75 Å². The Balaban J connectivity index is 2.12. The van der Waals surface area contributed by atoms with Crippen LogP contribution in [0.25, 0.3) is 0 Å². The molecule has 0 radical (unpaired) electrons. The summed E-state index contributed by atoms with van der Waals surface area (Å²) in [5.41, 5.74) is 1.64. The Labute approximate surface area is 102 Å². The summed E-state index contributed by atoms with van der Waals surface area (Å²) in [5, 5.41) is 3.38. The van der Waals surface area contributed by atoms with Gasteiger partial charge in [-0.25, -0.2) is 4.39 Å². The Bertz CT molecular complexity index is 386. The summed E-state index contributed by atoms with van der Waals surface area (Å²) in [6.07, 6.45) is 3.38. The number of hydrogen-bond donors (Lipinski definition) is 1. The van der Waals surface area contributed by atoms with Crippen molar-refractivity contribution in [3.63, 3.8) is 0 Å². The summed E-state index contributed by atoms with van der Waals surface area (Å²) in [6.45, 7) is 3.90. The number of benzene rings is 1. The predicted octanol–water partition coefficient (Wildman–Crippen LogP) is 2.68. The highest BCUT2D eigenvalue weighted by Gasteiger charge is 2.15. The fourth-order valence-electron chi connectivity index (χ4n) is 2.47. The molecule has 1 heterocycles. The molecule has 1 aromatic carbocycles. The Kier molecular flexibility index (Phi) is 4.00. The van der Waals surface area contributed by atoms with Crippen molar-refractivity contribution >= 4 is 0 Å². The quantitative estimate of drug-likeness (QED) is 0.872. The molecule has 0 aromatic heterocycles. The average Bonchev–Trinajstić information content (AvgIpc) is 2.35. The molecule has 2 rings (SSSR count). The van der Waals surface area contributed by atoms with Crippen molar-refractivity contribution in [1.29, 1.82) is 0 Å². The summed E-state index contributed by atoms with van der Waals surface area (Å²) in [6, 6.07) is 3.61. The van der Waals surface area contributed by atoms with Gasteiger partial charge in [-0.05, 0) is 62.9 Å². The van der Waals surface area contributed by atoms with Gasteiger partial charge in [-0.15, -0.1) is 0 Å². The lowest BCUT2D eigenvalue weighted by Gasteiger charge is -2.23. The number of ether oxygens (including phenoxy) is 1. The largest absolute Gasteiger partial charge is 0.496 e. The molecule has 0 aliphatic carbocycles. The Hall–Kier alpha value is -1.09. The van der Waals surface area contributed by atoms with Gasteiger partial charge in [-0.3, -0.25) is 0 Å². The third-order valence-electron chi connectivity index (χ3n) is 3.50. The monoisotopic (exact) mass is 237 g/mol. The fourth-order valence-corrected chi connectivity index (χ4v) is 2.47. The molecule has 1 aromatic rings. The maximum atomic E-state index is 13.7. The standard InChI is InChI=1S/C14H20FNO/c1-10-13(15)7-12(8-14(10)17-2)6-11-4-3-5-16-9-11/h7-8,11,16H,3-6,9H2,1-2H3. The number of hydrogen-bond acceptors (Lipinski definition) is 2. The van der Waals surface area contributed by atoms with Crippen LogP contribution in [0, 0.1) is 18.7 Å². The van der Waals surface area contributed by atoms with Crippen LogP contribution < -0.4 is 10.1 Å². The van der Waals surface area contributed by atoms with Crippen LogP contribution in [0.3, 0.4) is 0 Å². The average molecular weight is 237 g/mol. The molecule has 17 heavy (non-hydrogen) atoms. The van der Waals surface area contributed by atoms with Crippen LogP contribution in [0.1, 0.15) is 24.0 Å². The minimum absolute atomic E-state index is 0.164. The highest BCUT2D eigenvalue weighted by atomic mass is 19.1. The Morgan fingerprint density at radius 3 is 2.94 bits per heavy atom. The van der Waals surface area contributed by atoms with E-state index in [2.05, 4.69) is 5.32 Å². The second-order valence-electron chi connectivity index (χ2n) is 4.82. The van der Waals surface area contributed by atoms with E-state index < -0.39 is 0 Å².